The lowest BCUT2D eigenvalue weighted by Crippen LogP contribution is -2.35. The second-order valence-electron chi connectivity index (χ2n) is 7.49. The Balaban J connectivity index is 1.72. The Morgan fingerprint density at radius 1 is 1.15 bits per heavy atom. The molecule has 0 aromatic heterocycles. The largest absolute Gasteiger partial charge is 0.481 e. The molecule has 1 aliphatic carbocycles. The van der Waals surface area contributed by atoms with Gasteiger partial charge < -0.3 is 15.2 Å². The van der Waals surface area contributed by atoms with Crippen LogP contribution in [0.5, 0.6) is 0 Å². The van der Waals surface area contributed by atoms with Crippen LogP contribution in [-0.2, 0) is 16.1 Å². The summed E-state index contributed by atoms with van der Waals surface area (Å²) in [5.41, 5.74) is 1.56. The number of carbonyl (C=O) groups is 2. The summed E-state index contributed by atoms with van der Waals surface area (Å²) in [7, 11) is 0. The lowest BCUT2D eigenvalue weighted by molar-refractivity contribution is -0.142. The number of ether oxygens (including phenoxy) is 1. The van der Waals surface area contributed by atoms with Gasteiger partial charge in [-0.3, -0.25) is 4.79 Å². The monoisotopic (exact) mass is 367 g/mol. The molecular formula is C22H25NO4. The molecule has 0 spiro atoms. The van der Waals surface area contributed by atoms with Gasteiger partial charge in [0.05, 0.1) is 12.0 Å². The Bertz CT molecular complexity index is 792. The molecule has 4 atom stereocenters. The van der Waals surface area contributed by atoms with Crippen LogP contribution in [0.3, 0.4) is 0 Å². The third-order valence-electron chi connectivity index (χ3n) is 5.61. The van der Waals surface area contributed by atoms with Crippen LogP contribution in [0.25, 0.3) is 0 Å². The molecule has 1 saturated carbocycles. The predicted molar refractivity (Wildman–Crippen MR) is 102 cm³/mol. The van der Waals surface area contributed by atoms with Crippen LogP contribution >= 0.6 is 0 Å². The fourth-order valence-corrected chi connectivity index (χ4v) is 3.82. The summed E-state index contributed by atoms with van der Waals surface area (Å²) in [5.74, 6) is -1.25. The SMILES string of the molecule is CC(C(=O)O)C1C[C@]1(C)C(NC(=O)OCc1ccccc1)c1ccccc1. The van der Waals surface area contributed by atoms with E-state index in [1.54, 1.807) is 6.92 Å². The highest BCUT2D eigenvalue weighted by Gasteiger charge is 2.59. The van der Waals surface area contributed by atoms with Gasteiger partial charge in [-0.2, -0.15) is 0 Å². The molecule has 5 nitrogen and oxygen atoms in total. The van der Waals surface area contributed by atoms with Gasteiger partial charge in [0.2, 0.25) is 0 Å². The van der Waals surface area contributed by atoms with Gasteiger partial charge in [0.25, 0.3) is 0 Å². The number of carboxylic acids is 1. The standard InChI is InChI=1S/C22H25NO4/c1-15(20(24)25)18-13-22(18,2)19(17-11-7-4-8-12-17)23-21(26)27-14-16-9-5-3-6-10-16/h3-12,15,18-19H,13-14H2,1-2H3,(H,23,26)(H,24,25)/t15?,18?,19?,22-/m0/s1. The van der Waals surface area contributed by atoms with Crippen LogP contribution in [-0.4, -0.2) is 17.2 Å². The molecule has 2 aromatic rings. The molecule has 0 heterocycles. The highest BCUT2D eigenvalue weighted by atomic mass is 16.5. The van der Waals surface area contributed by atoms with Crippen molar-refractivity contribution < 1.29 is 19.4 Å². The van der Waals surface area contributed by atoms with E-state index in [1.165, 1.54) is 0 Å². The van der Waals surface area contributed by atoms with Gasteiger partial charge in [-0.25, -0.2) is 4.79 Å². The molecule has 27 heavy (non-hydrogen) atoms. The number of carbonyl (C=O) groups excluding carboxylic acids is 1. The van der Waals surface area contributed by atoms with Crippen LogP contribution < -0.4 is 5.32 Å². The van der Waals surface area contributed by atoms with E-state index in [-0.39, 0.29) is 24.0 Å². The lowest BCUT2D eigenvalue weighted by Gasteiger charge is -2.27. The first-order chi connectivity index (χ1) is 12.9. The first-order valence-electron chi connectivity index (χ1n) is 9.17. The zero-order valence-corrected chi connectivity index (χ0v) is 15.6. The molecule has 2 N–H and O–H groups in total. The van der Waals surface area contributed by atoms with Gasteiger partial charge in [0, 0.05) is 0 Å². The number of nitrogens with one attached hydrogen (secondary N) is 1. The van der Waals surface area contributed by atoms with Crippen molar-refractivity contribution in [1.82, 2.24) is 5.32 Å². The zero-order valence-electron chi connectivity index (χ0n) is 15.6. The van der Waals surface area contributed by atoms with Crippen LogP contribution in [0.4, 0.5) is 4.79 Å². The molecular weight excluding hydrogens is 342 g/mol. The molecule has 0 aliphatic heterocycles. The Labute approximate surface area is 159 Å². The number of hydrogen-bond acceptors (Lipinski definition) is 3. The third kappa shape index (κ3) is 4.30. The van der Waals surface area contributed by atoms with E-state index in [0.717, 1.165) is 17.5 Å². The maximum atomic E-state index is 12.4. The van der Waals surface area contributed by atoms with E-state index < -0.39 is 18.0 Å². The van der Waals surface area contributed by atoms with E-state index in [2.05, 4.69) is 5.32 Å². The Morgan fingerprint density at radius 3 is 2.33 bits per heavy atom. The number of rotatable bonds is 7. The zero-order chi connectivity index (χ0) is 19.4. The highest BCUT2D eigenvalue weighted by Crippen LogP contribution is 2.63. The topological polar surface area (TPSA) is 75.6 Å². The maximum Gasteiger partial charge on any atom is 0.407 e. The predicted octanol–water partition coefficient (Wildman–Crippen LogP) is 4.40. The minimum Gasteiger partial charge on any atom is -0.481 e. The number of hydrogen-bond donors (Lipinski definition) is 2. The van der Waals surface area contributed by atoms with E-state index in [0.29, 0.717) is 0 Å². The quantitative estimate of drug-likeness (QED) is 0.760. The van der Waals surface area contributed by atoms with Crippen molar-refractivity contribution in [1.29, 1.82) is 0 Å². The third-order valence-corrected chi connectivity index (χ3v) is 5.61. The first kappa shape index (κ1) is 19.0. The maximum absolute atomic E-state index is 12.4. The van der Waals surface area contributed by atoms with Crippen molar-refractivity contribution in [2.75, 3.05) is 0 Å². The fourth-order valence-electron chi connectivity index (χ4n) is 3.82. The minimum atomic E-state index is -0.804. The van der Waals surface area contributed by atoms with Crippen LogP contribution in [0, 0.1) is 17.3 Å². The summed E-state index contributed by atoms with van der Waals surface area (Å²) in [6.45, 7) is 3.96. The molecule has 0 bridgehead atoms. The first-order valence-corrected chi connectivity index (χ1v) is 9.17. The fraction of sp³-hybridized carbons (Fsp3) is 0.364. The van der Waals surface area contributed by atoms with E-state index >= 15 is 0 Å². The molecule has 1 aliphatic rings. The molecule has 2 aromatic carbocycles. The smallest absolute Gasteiger partial charge is 0.407 e. The van der Waals surface area contributed by atoms with Crippen molar-refractivity contribution in [2.24, 2.45) is 17.3 Å². The van der Waals surface area contributed by atoms with Crippen molar-refractivity contribution >= 4 is 12.1 Å². The van der Waals surface area contributed by atoms with Crippen LogP contribution in [0.1, 0.15) is 37.4 Å². The van der Waals surface area contributed by atoms with Gasteiger partial charge in [0.1, 0.15) is 6.61 Å². The molecule has 1 amide bonds. The molecule has 3 rings (SSSR count). The van der Waals surface area contributed by atoms with Gasteiger partial charge in [-0.15, -0.1) is 0 Å². The molecule has 142 valence electrons. The number of alkyl carbamates (subject to hydrolysis) is 1. The average molecular weight is 367 g/mol. The van der Waals surface area contributed by atoms with Crippen LogP contribution in [0.15, 0.2) is 60.7 Å². The summed E-state index contributed by atoms with van der Waals surface area (Å²) in [5, 5.41) is 12.3. The minimum absolute atomic E-state index is 0.00892. The number of amides is 1. The second-order valence-corrected chi connectivity index (χ2v) is 7.49. The highest BCUT2D eigenvalue weighted by molar-refractivity contribution is 5.71. The Hall–Kier alpha value is -2.82. The molecule has 3 unspecified atom stereocenters. The summed E-state index contributed by atoms with van der Waals surface area (Å²) >= 11 is 0. The molecule has 0 saturated heterocycles. The van der Waals surface area contributed by atoms with Gasteiger partial charge in [-0.05, 0) is 28.9 Å². The van der Waals surface area contributed by atoms with Gasteiger partial charge in [0.15, 0.2) is 0 Å². The number of aliphatic carboxylic acids is 1. The summed E-state index contributed by atoms with van der Waals surface area (Å²) in [6, 6.07) is 18.9. The normalized spacial score (nSPS) is 23.1. The molecule has 5 heteroatoms. The van der Waals surface area contributed by atoms with E-state index in [1.807, 2.05) is 67.6 Å². The van der Waals surface area contributed by atoms with E-state index in [4.69, 9.17) is 4.74 Å². The lowest BCUT2D eigenvalue weighted by atomic mass is 9.86. The van der Waals surface area contributed by atoms with Crippen molar-refractivity contribution in [3.8, 4) is 0 Å². The summed E-state index contributed by atoms with van der Waals surface area (Å²) < 4.78 is 5.38. The Morgan fingerprint density at radius 2 is 1.74 bits per heavy atom. The van der Waals surface area contributed by atoms with Gasteiger partial charge in [-0.1, -0.05) is 74.5 Å². The van der Waals surface area contributed by atoms with Crippen molar-refractivity contribution in [3.63, 3.8) is 0 Å². The average Bonchev–Trinajstić information content (AvgIpc) is 3.37. The second kappa shape index (κ2) is 7.82. The van der Waals surface area contributed by atoms with Crippen molar-refractivity contribution in [2.45, 2.75) is 32.9 Å². The Kier molecular flexibility index (Phi) is 5.49. The van der Waals surface area contributed by atoms with Crippen LogP contribution in [0.2, 0.25) is 0 Å². The summed E-state index contributed by atoms with van der Waals surface area (Å²) in [6.07, 6.45) is 0.251. The van der Waals surface area contributed by atoms with Crippen molar-refractivity contribution in [3.05, 3.63) is 71.8 Å². The van der Waals surface area contributed by atoms with E-state index in [9.17, 15) is 14.7 Å². The number of benzene rings is 2. The molecule has 0 radical (unpaired) electrons. The van der Waals surface area contributed by atoms with Gasteiger partial charge >= 0.3 is 12.1 Å². The molecule has 1 fully saturated rings. The number of carboxylic acid groups (broad SMARTS) is 1. The summed E-state index contributed by atoms with van der Waals surface area (Å²) in [4.78, 5) is 23.8.